The van der Waals surface area contributed by atoms with E-state index in [1.165, 1.54) is 16.4 Å². The summed E-state index contributed by atoms with van der Waals surface area (Å²) in [5, 5.41) is 0. The van der Waals surface area contributed by atoms with Gasteiger partial charge < -0.3 is 4.74 Å². The number of ether oxygens (including phenoxy) is 1. The molecule has 22 heavy (non-hydrogen) atoms. The van der Waals surface area contributed by atoms with E-state index in [-0.39, 0.29) is 24.1 Å². The molecule has 1 aromatic rings. The van der Waals surface area contributed by atoms with Crippen molar-refractivity contribution in [3.8, 4) is 0 Å². The molecule has 0 heterocycles. The van der Waals surface area contributed by atoms with Gasteiger partial charge in [-0.2, -0.15) is 4.31 Å². The Hall–Kier alpha value is -1.47. The molecule has 122 valence electrons. The fourth-order valence-electron chi connectivity index (χ4n) is 2.18. The van der Waals surface area contributed by atoms with Crippen LogP contribution in [0.2, 0.25) is 0 Å². The second-order valence-corrected chi connectivity index (χ2v) is 7.30. The van der Waals surface area contributed by atoms with Gasteiger partial charge in [0.2, 0.25) is 10.0 Å². The minimum atomic E-state index is -3.74. The highest BCUT2D eigenvalue weighted by molar-refractivity contribution is 7.89. The first kappa shape index (κ1) is 16.9. The molecule has 0 radical (unpaired) electrons. The van der Waals surface area contributed by atoms with E-state index in [0.29, 0.717) is 0 Å². The van der Waals surface area contributed by atoms with Crippen LogP contribution < -0.4 is 0 Å². The third-order valence-electron chi connectivity index (χ3n) is 3.52. The molecule has 0 aliphatic heterocycles. The molecule has 0 bridgehead atoms. The predicted molar refractivity (Wildman–Crippen MR) is 79.1 cm³/mol. The minimum absolute atomic E-state index is 0.0388. The molecule has 1 fully saturated rings. The van der Waals surface area contributed by atoms with Gasteiger partial charge in [0, 0.05) is 12.6 Å². The second-order valence-electron chi connectivity index (χ2n) is 5.41. The third-order valence-corrected chi connectivity index (χ3v) is 5.45. The van der Waals surface area contributed by atoms with Crippen LogP contribution in [0, 0.1) is 11.7 Å². The van der Waals surface area contributed by atoms with Crippen molar-refractivity contribution in [3.63, 3.8) is 0 Å². The molecule has 1 aliphatic carbocycles. The first-order chi connectivity index (χ1) is 10.4. The molecule has 0 spiro atoms. The van der Waals surface area contributed by atoms with Crippen LogP contribution in [0.3, 0.4) is 0 Å². The Morgan fingerprint density at radius 3 is 2.45 bits per heavy atom. The number of halogens is 1. The molecule has 5 nitrogen and oxygen atoms in total. The molecule has 7 heteroatoms. The van der Waals surface area contributed by atoms with E-state index in [1.807, 2.05) is 0 Å². The van der Waals surface area contributed by atoms with Gasteiger partial charge in [0.05, 0.1) is 17.4 Å². The molecule has 0 N–H and O–H groups in total. The number of hydrogen-bond acceptors (Lipinski definition) is 4. The number of benzene rings is 1. The molecule has 1 aromatic carbocycles. The van der Waals surface area contributed by atoms with Crippen molar-refractivity contribution in [3.05, 3.63) is 30.1 Å². The average Bonchev–Trinajstić information content (AvgIpc) is 3.29. The first-order valence-corrected chi connectivity index (χ1v) is 8.74. The maximum Gasteiger partial charge on any atom is 0.309 e. The number of carbonyl (C=O) groups is 1. The van der Waals surface area contributed by atoms with Gasteiger partial charge in [0.1, 0.15) is 5.82 Å². The Morgan fingerprint density at radius 2 is 1.95 bits per heavy atom. The van der Waals surface area contributed by atoms with Crippen molar-refractivity contribution in [2.45, 2.75) is 37.6 Å². The summed E-state index contributed by atoms with van der Waals surface area (Å²) in [5.74, 6) is -1.45. The van der Waals surface area contributed by atoms with E-state index in [1.54, 1.807) is 13.8 Å². The number of hydrogen-bond donors (Lipinski definition) is 0. The molecule has 1 aliphatic rings. The third kappa shape index (κ3) is 3.84. The number of sulfonamides is 1. The highest BCUT2D eigenvalue weighted by Gasteiger charge is 2.39. The van der Waals surface area contributed by atoms with Crippen molar-refractivity contribution >= 4 is 16.0 Å². The summed E-state index contributed by atoms with van der Waals surface area (Å²) in [4.78, 5) is 11.8. The van der Waals surface area contributed by atoms with E-state index < -0.39 is 27.7 Å². The van der Waals surface area contributed by atoms with Crippen LogP contribution in [-0.4, -0.2) is 37.9 Å². The highest BCUT2D eigenvalue weighted by Crippen LogP contribution is 2.33. The standard InChI is InChI=1S/C15H20FNO4S/c1-3-21-15(18)11(2)10-17(13-6-7-13)22(19,20)14-8-4-12(16)5-9-14/h4-5,8-9,11,13H,3,6-7,10H2,1-2H3. The molecular weight excluding hydrogens is 309 g/mol. The van der Waals surface area contributed by atoms with Gasteiger partial charge in [-0.15, -0.1) is 0 Å². The zero-order valence-corrected chi connectivity index (χ0v) is 13.5. The number of esters is 1. The summed E-state index contributed by atoms with van der Waals surface area (Å²) in [6, 6.07) is 4.64. The van der Waals surface area contributed by atoms with Crippen LogP contribution in [0.15, 0.2) is 29.2 Å². The smallest absolute Gasteiger partial charge is 0.309 e. The fourth-order valence-corrected chi connectivity index (χ4v) is 3.95. The Labute approximate surface area is 130 Å². The fraction of sp³-hybridized carbons (Fsp3) is 0.533. The van der Waals surface area contributed by atoms with Crippen molar-refractivity contribution in [1.29, 1.82) is 0 Å². The predicted octanol–water partition coefficient (Wildman–Crippen LogP) is 2.18. The number of rotatable bonds is 7. The summed E-state index contributed by atoms with van der Waals surface area (Å²) in [6.07, 6.45) is 1.55. The molecule has 0 saturated heterocycles. The Kier molecular flexibility index (Phi) is 5.18. The van der Waals surface area contributed by atoms with Crippen molar-refractivity contribution in [2.75, 3.05) is 13.2 Å². The van der Waals surface area contributed by atoms with Gasteiger partial charge in [-0.05, 0) is 44.0 Å². The molecule has 1 atom stereocenters. The van der Waals surface area contributed by atoms with Crippen LogP contribution in [-0.2, 0) is 19.6 Å². The van der Waals surface area contributed by atoms with Gasteiger partial charge in [-0.3, -0.25) is 4.79 Å². The summed E-state index contributed by atoms with van der Waals surface area (Å²) in [5.41, 5.74) is 0. The van der Waals surface area contributed by atoms with E-state index in [4.69, 9.17) is 4.74 Å². The summed E-state index contributed by atoms with van der Waals surface area (Å²) >= 11 is 0. The lowest BCUT2D eigenvalue weighted by atomic mass is 10.2. The zero-order chi connectivity index (χ0) is 16.3. The molecule has 0 amide bonds. The summed E-state index contributed by atoms with van der Waals surface area (Å²) < 4.78 is 44.6. The van der Waals surface area contributed by atoms with Crippen molar-refractivity contribution in [1.82, 2.24) is 4.31 Å². The topological polar surface area (TPSA) is 63.7 Å². The molecule has 0 aromatic heterocycles. The minimum Gasteiger partial charge on any atom is -0.466 e. The van der Waals surface area contributed by atoms with Gasteiger partial charge >= 0.3 is 5.97 Å². The molecule has 1 unspecified atom stereocenters. The number of nitrogens with zero attached hydrogens (tertiary/aromatic N) is 1. The van der Waals surface area contributed by atoms with Crippen LogP contribution in [0.5, 0.6) is 0 Å². The Balaban J connectivity index is 2.20. The van der Waals surface area contributed by atoms with Crippen LogP contribution in [0.1, 0.15) is 26.7 Å². The SMILES string of the molecule is CCOC(=O)C(C)CN(C1CC1)S(=O)(=O)c1ccc(F)cc1. The lowest BCUT2D eigenvalue weighted by Crippen LogP contribution is -2.39. The maximum absolute atomic E-state index is 13.0. The Bertz CT molecular complexity index is 625. The monoisotopic (exact) mass is 329 g/mol. The molecular formula is C15H20FNO4S. The maximum atomic E-state index is 13.0. The first-order valence-electron chi connectivity index (χ1n) is 7.30. The summed E-state index contributed by atoms with van der Waals surface area (Å²) in [6.45, 7) is 3.69. The van der Waals surface area contributed by atoms with E-state index >= 15 is 0 Å². The molecule has 1 saturated carbocycles. The largest absolute Gasteiger partial charge is 0.466 e. The lowest BCUT2D eigenvalue weighted by molar-refractivity contribution is -0.147. The highest BCUT2D eigenvalue weighted by atomic mass is 32.2. The lowest BCUT2D eigenvalue weighted by Gasteiger charge is -2.24. The average molecular weight is 329 g/mol. The van der Waals surface area contributed by atoms with Crippen molar-refractivity contribution < 1.29 is 22.3 Å². The van der Waals surface area contributed by atoms with E-state index in [2.05, 4.69) is 0 Å². The molecule has 2 rings (SSSR count). The zero-order valence-electron chi connectivity index (χ0n) is 12.7. The summed E-state index contributed by atoms with van der Waals surface area (Å²) in [7, 11) is -3.74. The normalized spacial score (nSPS) is 16.5. The second kappa shape index (κ2) is 6.75. The van der Waals surface area contributed by atoms with Crippen LogP contribution in [0.25, 0.3) is 0 Å². The van der Waals surface area contributed by atoms with Crippen LogP contribution >= 0.6 is 0 Å². The Morgan fingerprint density at radius 1 is 1.36 bits per heavy atom. The van der Waals surface area contributed by atoms with Gasteiger partial charge in [-0.25, -0.2) is 12.8 Å². The van der Waals surface area contributed by atoms with Gasteiger partial charge in [0.25, 0.3) is 0 Å². The van der Waals surface area contributed by atoms with E-state index in [9.17, 15) is 17.6 Å². The van der Waals surface area contributed by atoms with E-state index in [0.717, 1.165) is 25.0 Å². The van der Waals surface area contributed by atoms with Gasteiger partial charge in [0.15, 0.2) is 0 Å². The van der Waals surface area contributed by atoms with Gasteiger partial charge in [-0.1, -0.05) is 6.92 Å². The van der Waals surface area contributed by atoms with Crippen molar-refractivity contribution in [2.24, 2.45) is 5.92 Å². The van der Waals surface area contributed by atoms with Crippen LogP contribution in [0.4, 0.5) is 4.39 Å². The number of carbonyl (C=O) groups excluding carboxylic acids is 1. The quantitative estimate of drug-likeness (QED) is 0.719.